The van der Waals surface area contributed by atoms with E-state index < -0.39 is 6.03 Å². The van der Waals surface area contributed by atoms with Gasteiger partial charge in [-0.3, -0.25) is 4.79 Å². The van der Waals surface area contributed by atoms with Gasteiger partial charge in [0, 0.05) is 16.9 Å². The first-order valence-electron chi connectivity index (χ1n) is 10.2. The predicted octanol–water partition coefficient (Wildman–Crippen LogP) is 6.00. The minimum absolute atomic E-state index is 0.0348. The molecule has 0 bridgehead atoms. The van der Waals surface area contributed by atoms with Crippen molar-refractivity contribution >= 4 is 34.2 Å². The molecule has 5 rings (SSSR count). The number of urea groups is 1. The number of hydrogen-bond donors (Lipinski definition) is 2. The van der Waals surface area contributed by atoms with E-state index in [1.165, 1.54) is 6.92 Å². The standard InChI is InChI=1S/C25H18N4O4/c1-15(30)16-6-8-17(9-7-16)26-25(31)27-18-10-11-19-20(14-18)29-24(22-5-3-13-33-22)23(28-19)21-4-2-12-32-21/h2-14H,1H3,(H2,26,27,31). The van der Waals surface area contributed by atoms with E-state index in [4.69, 9.17) is 18.8 Å². The average molecular weight is 438 g/mol. The molecule has 0 fully saturated rings. The maximum atomic E-state index is 12.4. The lowest BCUT2D eigenvalue weighted by Gasteiger charge is -2.10. The van der Waals surface area contributed by atoms with E-state index in [-0.39, 0.29) is 5.78 Å². The topological polar surface area (TPSA) is 110 Å². The SMILES string of the molecule is CC(=O)c1ccc(NC(=O)Nc2ccc3nc(-c4ccco4)c(-c4ccco4)nc3c2)cc1. The van der Waals surface area contributed by atoms with Crippen LogP contribution in [0.1, 0.15) is 17.3 Å². The number of hydrogen-bond acceptors (Lipinski definition) is 6. The number of nitrogens with one attached hydrogen (secondary N) is 2. The highest BCUT2D eigenvalue weighted by Gasteiger charge is 2.17. The monoisotopic (exact) mass is 438 g/mol. The highest BCUT2D eigenvalue weighted by molar-refractivity contribution is 6.01. The summed E-state index contributed by atoms with van der Waals surface area (Å²) in [5.74, 6) is 1.10. The maximum absolute atomic E-state index is 12.4. The number of aromatic nitrogens is 2. The van der Waals surface area contributed by atoms with Gasteiger partial charge in [-0.05, 0) is 73.7 Å². The van der Waals surface area contributed by atoms with Crippen LogP contribution in [0.2, 0.25) is 0 Å². The number of amides is 2. The van der Waals surface area contributed by atoms with Gasteiger partial charge in [-0.1, -0.05) is 0 Å². The van der Waals surface area contributed by atoms with Gasteiger partial charge in [0.2, 0.25) is 0 Å². The molecule has 0 aliphatic heterocycles. The van der Waals surface area contributed by atoms with Crippen LogP contribution in [0.4, 0.5) is 16.2 Å². The summed E-state index contributed by atoms with van der Waals surface area (Å²) in [5, 5.41) is 5.53. The van der Waals surface area contributed by atoms with Gasteiger partial charge in [-0.2, -0.15) is 0 Å². The van der Waals surface area contributed by atoms with E-state index in [1.54, 1.807) is 73.2 Å². The first-order chi connectivity index (χ1) is 16.1. The molecule has 2 N–H and O–H groups in total. The van der Waals surface area contributed by atoms with Gasteiger partial charge in [0.25, 0.3) is 0 Å². The molecule has 3 aromatic heterocycles. The summed E-state index contributed by atoms with van der Waals surface area (Å²) >= 11 is 0. The fourth-order valence-corrected chi connectivity index (χ4v) is 3.38. The van der Waals surface area contributed by atoms with Crippen LogP contribution in [-0.4, -0.2) is 21.8 Å². The van der Waals surface area contributed by atoms with E-state index in [9.17, 15) is 9.59 Å². The van der Waals surface area contributed by atoms with Gasteiger partial charge in [-0.15, -0.1) is 0 Å². The zero-order valence-corrected chi connectivity index (χ0v) is 17.5. The third-order valence-electron chi connectivity index (χ3n) is 4.98. The Balaban J connectivity index is 1.42. The number of anilines is 2. The van der Waals surface area contributed by atoms with Crippen LogP contribution in [-0.2, 0) is 0 Å². The number of ketones is 1. The molecule has 0 aliphatic carbocycles. The molecule has 0 aliphatic rings. The Morgan fingerprint density at radius 1 is 0.727 bits per heavy atom. The van der Waals surface area contributed by atoms with Gasteiger partial charge in [-0.25, -0.2) is 14.8 Å². The van der Waals surface area contributed by atoms with Crippen molar-refractivity contribution in [3.05, 3.63) is 84.8 Å². The summed E-state index contributed by atoms with van der Waals surface area (Å²) in [6.45, 7) is 1.49. The summed E-state index contributed by atoms with van der Waals surface area (Å²) in [4.78, 5) is 33.3. The molecule has 2 aromatic carbocycles. The van der Waals surface area contributed by atoms with Gasteiger partial charge in [0.1, 0.15) is 11.4 Å². The summed E-state index contributed by atoms with van der Waals surface area (Å²) in [6.07, 6.45) is 3.14. The first kappa shape index (κ1) is 20.2. The van der Waals surface area contributed by atoms with Crippen molar-refractivity contribution in [3.8, 4) is 22.9 Å². The van der Waals surface area contributed by atoms with E-state index in [2.05, 4.69) is 10.6 Å². The van der Waals surface area contributed by atoms with Crippen molar-refractivity contribution in [1.29, 1.82) is 0 Å². The van der Waals surface area contributed by atoms with Crippen molar-refractivity contribution in [3.63, 3.8) is 0 Å². The molecule has 0 unspecified atom stereocenters. The molecule has 8 heteroatoms. The smallest absolute Gasteiger partial charge is 0.323 e. The second kappa shape index (κ2) is 8.43. The van der Waals surface area contributed by atoms with Gasteiger partial charge < -0.3 is 19.5 Å². The van der Waals surface area contributed by atoms with Crippen LogP contribution in [0, 0.1) is 0 Å². The van der Waals surface area contributed by atoms with E-state index >= 15 is 0 Å². The predicted molar refractivity (Wildman–Crippen MR) is 124 cm³/mol. The number of furan rings is 2. The number of rotatable bonds is 5. The van der Waals surface area contributed by atoms with Crippen molar-refractivity contribution in [1.82, 2.24) is 9.97 Å². The Kier molecular flexibility index (Phi) is 5.16. The number of benzene rings is 2. The quantitative estimate of drug-likeness (QED) is 0.326. The molecule has 3 heterocycles. The Bertz CT molecular complexity index is 1440. The molecule has 8 nitrogen and oxygen atoms in total. The molecule has 162 valence electrons. The second-order valence-electron chi connectivity index (χ2n) is 7.29. The van der Waals surface area contributed by atoms with Crippen LogP contribution in [0.15, 0.2) is 88.1 Å². The van der Waals surface area contributed by atoms with Crippen molar-refractivity contribution in [2.45, 2.75) is 6.92 Å². The molecule has 2 amide bonds. The van der Waals surface area contributed by atoms with Crippen LogP contribution < -0.4 is 10.6 Å². The minimum atomic E-state index is -0.420. The van der Waals surface area contributed by atoms with Crippen LogP contribution in [0.3, 0.4) is 0 Å². The van der Waals surface area contributed by atoms with Gasteiger partial charge >= 0.3 is 6.03 Å². The van der Waals surface area contributed by atoms with Crippen LogP contribution in [0.5, 0.6) is 0 Å². The number of fused-ring (bicyclic) bond motifs is 1. The zero-order chi connectivity index (χ0) is 22.8. The lowest BCUT2D eigenvalue weighted by Crippen LogP contribution is -2.19. The third kappa shape index (κ3) is 4.22. The molecule has 0 spiro atoms. The van der Waals surface area contributed by atoms with Crippen molar-refractivity contribution < 1.29 is 18.4 Å². The Morgan fingerprint density at radius 2 is 1.30 bits per heavy atom. The largest absolute Gasteiger partial charge is 0.463 e. The lowest BCUT2D eigenvalue weighted by molar-refractivity contribution is 0.101. The summed E-state index contributed by atoms with van der Waals surface area (Å²) in [5.41, 5.74) is 4.02. The van der Waals surface area contributed by atoms with Crippen LogP contribution >= 0.6 is 0 Å². The van der Waals surface area contributed by atoms with Gasteiger partial charge in [0.05, 0.1) is 23.6 Å². The number of carbonyl (C=O) groups is 2. The zero-order valence-electron chi connectivity index (χ0n) is 17.5. The van der Waals surface area contributed by atoms with Crippen LogP contribution in [0.25, 0.3) is 33.9 Å². The maximum Gasteiger partial charge on any atom is 0.323 e. The first-order valence-corrected chi connectivity index (χ1v) is 10.2. The van der Waals surface area contributed by atoms with Crippen molar-refractivity contribution in [2.75, 3.05) is 10.6 Å². The highest BCUT2D eigenvalue weighted by Crippen LogP contribution is 2.32. The lowest BCUT2D eigenvalue weighted by atomic mass is 10.1. The van der Waals surface area contributed by atoms with E-state index in [1.807, 2.05) is 6.07 Å². The molecule has 0 saturated carbocycles. The molecule has 0 atom stereocenters. The number of Topliss-reactive ketones (excluding diaryl/α,β-unsaturated/α-hetero) is 1. The molecular formula is C25H18N4O4. The molecule has 5 aromatic rings. The van der Waals surface area contributed by atoms with Gasteiger partial charge in [0.15, 0.2) is 17.3 Å². The second-order valence-corrected chi connectivity index (χ2v) is 7.29. The number of nitrogens with zero attached hydrogens (tertiary/aromatic N) is 2. The Hall–Kier alpha value is -4.72. The third-order valence-corrected chi connectivity index (χ3v) is 4.98. The number of carbonyl (C=O) groups excluding carboxylic acids is 2. The average Bonchev–Trinajstić information content (AvgIpc) is 3.53. The summed E-state index contributed by atoms with van der Waals surface area (Å²) < 4.78 is 11.1. The highest BCUT2D eigenvalue weighted by atomic mass is 16.3. The summed E-state index contributed by atoms with van der Waals surface area (Å²) in [7, 11) is 0. The molecular weight excluding hydrogens is 420 g/mol. The Labute approximate surface area is 188 Å². The summed E-state index contributed by atoms with van der Waals surface area (Å²) in [6, 6.07) is 18.7. The van der Waals surface area contributed by atoms with E-state index in [0.717, 1.165) is 0 Å². The molecule has 33 heavy (non-hydrogen) atoms. The fourth-order valence-electron chi connectivity index (χ4n) is 3.38. The van der Waals surface area contributed by atoms with Crippen molar-refractivity contribution in [2.24, 2.45) is 0 Å². The molecule has 0 saturated heterocycles. The Morgan fingerprint density at radius 3 is 1.88 bits per heavy atom. The minimum Gasteiger partial charge on any atom is -0.463 e. The van der Waals surface area contributed by atoms with E-state index in [0.29, 0.717) is 50.9 Å². The molecule has 0 radical (unpaired) electrons. The fraction of sp³-hybridized carbons (Fsp3) is 0.0400. The normalized spacial score (nSPS) is 10.8.